The van der Waals surface area contributed by atoms with Crippen LogP contribution >= 0.6 is 0 Å². The summed E-state index contributed by atoms with van der Waals surface area (Å²) in [5.41, 5.74) is 1.13. The molecule has 0 radical (unpaired) electrons. The number of halogens is 2. The van der Waals surface area contributed by atoms with Gasteiger partial charge in [0, 0.05) is 45.3 Å². The second kappa shape index (κ2) is 11.7. The van der Waals surface area contributed by atoms with Crippen LogP contribution in [-0.4, -0.2) is 80.0 Å². The van der Waals surface area contributed by atoms with E-state index in [0.717, 1.165) is 30.9 Å². The highest BCUT2D eigenvalue weighted by atomic mass is 19.2. The minimum absolute atomic E-state index is 0.00590. The maximum absolute atomic E-state index is 13.3. The Morgan fingerprint density at radius 2 is 1.82 bits per heavy atom. The minimum Gasteiger partial charge on any atom is -0.353 e. The Hall–Kier alpha value is -3.07. The predicted molar refractivity (Wildman–Crippen MR) is 123 cm³/mol. The number of rotatable bonds is 9. The van der Waals surface area contributed by atoms with E-state index >= 15 is 0 Å². The van der Waals surface area contributed by atoms with Crippen LogP contribution in [0.5, 0.6) is 0 Å². The van der Waals surface area contributed by atoms with Crippen LogP contribution in [0.2, 0.25) is 0 Å². The van der Waals surface area contributed by atoms with Gasteiger partial charge in [-0.3, -0.25) is 9.59 Å². The smallest absolute Gasteiger partial charge is 0.252 e. The third-order valence-electron chi connectivity index (χ3n) is 5.65. The predicted octanol–water partition coefficient (Wildman–Crippen LogP) is 2.32. The maximum atomic E-state index is 13.3. The second-order valence-electron chi connectivity index (χ2n) is 8.43. The summed E-state index contributed by atoms with van der Waals surface area (Å²) in [6.45, 7) is 3.93. The Labute approximate surface area is 193 Å². The van der Waals surface area contributed by atoms with E-state index in [0.29, 0.717) is 50.3 Å². The number of hydrogen-bond donors (Lipinski definition) is 1. The highest BCUT2D eigenvalue weighted by Gasteiger charge is 2.22. The average molecular weight is 460 g/mol. The Balaban J connectivity index is 1.42. The Morgan fingerprint density at radius 3 is 2.45 bits per heavy atom. The molecule has 7 nitrogen and oxygen atoms in total. The number of aryl methyl sites for hydroxylation is 1. The highest BCUT2D eigenvalue weighted by molar-refractivity contribution is 5.94. The van der Waals surface area contributed by atoms with Crippen LogP contribution in [0, 0.1) is 11.6 Å². The van der Waals surface area contributed by atoms with Gasteiger partial charge in [-0.05, 0) is 63.3 Å². The number of carbonyl (C=O) groups is 2. The third-order valence-corrected chi connectivity index (χ3v) is 5.65. The van der Waals surface area contributed by atoms with Gasteiger partial charge >= 0.3 is 0 Å². The molecule has 1 aliphatic heterocycles. The molecule has 0 unspecified atom stereocenters. The fraction of sp³-hybridized carbons (Fsp3) is 0.458. The molecule has 3 rings (SSSR count). The van der Waals surface area contributed by atoms with Gasteiger partial charge in [-0.1, -0.05) is 6.07 Å². The van der Waals surface area contributed by atoms with E-state index in [1.54, 1.807) is 17.2 Å². The molecule has 0 spiro atoms. The molecule has 0 bridgehead atoms. The van der Waals surface area contributed by atoms with Crippen LogP contribution in [0.3, 0.4) is 0 Å². The van der Waals surface area contributed by atoms with Gasteiger partial charge in [0.25, 0.3) is 5.91 Å². The van der Waals surface area contributed by atoms with Gasteiger partial charge in [0.1, 0.15) is 5.82 Å². The lowest BCUT2D eigenvalue weighted by molar-refractivity contribution is -0.131. The van der Waals surface area contributed by atoms with E-state index in [2.05, 4.69) is 20.1 Å². The van der Waals surface area contributed by atoms with Crippen molar-refractivity contribution in [2.24, 2.45) is 0 Å². The molecule has 1 aromatic carbocycles. The Kier molecular flexibility index (Phi) is 8.71. The van der Waals surface area contributed by atoms with Crippen molar-refractivity contribution >= 4 is 17.6 Å². The lowest BCUT2D eigenvalue weighted by Crippen LogP contribution is -2.49. The summed E-state index contributed by atoms with van der Waals surface area (Å²) < 4.78 is 26.4. The van der Waals surface area contributed by atoms with E-state index in [1.807, 2.05) is 20.2 Å². The van der Waals surface area contributed by atoms with Crippen molar-refractivity contribution in [2.45, 2.75) is 19.3 Å². The molecule has 2 aromatic rings. The standard InChI is InChI=1S/C24H31F2N5O2/c1-29(2)11-3-10-27-24(33)19-6-8-22(28-17-19)30-12-14-31(15-13-30)23(32)9-5-18-4-7-20(25)21(26)16-18/h4,6-8,16-17H,3,5,9-15H2,1-2H3,(H,27,33). The number of aromatic nitrogens is 1. The van der Waals surface area contributed by atoms with Crippen LogP contribution in [0.25, 0.3) is 0 Å². The lowest BCUT2D eigenvalue weighted by Gasteiger charge is -2.35. The van der Waals surface area contributed by atoms with Gasteiger partial charge in [-0.2, -0.15) is 0 Å². The number of pyridine rings is 1. The van der Waals surface area contributed by atoms with Crippen LogP contribution in [-0.2, 0) is 11.2 Å². The Morgan fingerprint density at radius 1 is 1.06 bits per heavy atom. The van der Waals surface area contributed by atoms with Crippen molar-refractivity contribution < 1.29 is 18.4 Å². The molecular formula is C24H31F2N5O2. The first-order chi connectivity index (χ1) is 15.8. The zero-order valence-corrected chi connectivity index (χ0v) is 19.2. The van der Waals surface area contributed by atoms with Crippen LogP contribution in [0.4, 0.5) is 14.6 Å². The summed E-state index contributed by atoms with van der Waals surface area (Å²) in [6.07, 6.45) is 3.09. The fourth-order valence-electron chi connectivity index (χ4n) is 3.70. The summed E-state index contributed by atoms with van der Waals surface area (Å²) in [5.74, 6) is -1.15. The number of carbonyl (C=O) groups excluding carboxylic acids is 2. The van der Waals surface area contributed by atoms with Crippen LogP contribution < -0.4 is 10.2 Å². The average Bonchev–Trinajstić information content (AvgIpc) is 2.82. The van der Waals surface area contributed by atoms with E-state index in [9.17, 15) is 18.4 Å². The molecule has 2 heterocycles. The second-order valence-corrected chi connectivity index (χ2v) is 8.43. The molecule has 0 atom stereocenters. The molecule has 33 heavy (non-hydrogen) atoms. The van der Waals surface area contributed by atoms with Gasteiger partial charge < -0.3 is 20.0 Å². The monoisotopic (exact) mass is 459 g/mol. The van der Waals surface area contributed by atoms with Crippen molar-refractivity contribution in [3.63, 3.8) is 0 Å². The van der Waals surface area contributed by atoms with E-state index < -0.39 is 11.6 Å². The first kappa shape index (κ1) is 24.6. The molecule has 1 aliphatic rings. The molecule has 0 aliphatic carbocycles. The molecule has 1 aromatic heterocycles. The summed E-state index contributed by atoms with van der Waals surface area (Å²) in [4.78, 5) is 35.1. The van der Waals surface area contributed by atoms with Crippen molar-refractivity contribution in [1.82, 2.24) is 20.1 Å². The zero-order valence-electron chi connectivity index (χ0n) is 19.2. The molecule has 178 valence electrons. The fourth-order valence-corrected chi connectivity index (χ4v) is 3.70. The van der Waals surface area contributed by atoms with Crippen molar-refractivity contribution in [3.05, 3.63) is 59.3 Å². The number of nitrogens with zero attached hydrogens (tertiary/aromatic N) is 4. The number of benzene rings is 1. The summed E-state index contributed by atoms with van der Waals surface area (Å²) in [6, 6.07) is 7.32. The van der Waals surface area contributed by atoms with Gasteiger partial charge in [-0.15, -0.1) is 0 Å². The zero-order chi connectivity index (χ0) is 23.8. The largest absolute Gasteiger partial charge is 0.353 e. The first-order valence-electron chi connectivity index (χ1n) is 11.2. The van der Waals surface area contributed by atoms with Gasteiger partial charge in [-0.25, -0.2) is 13.8 Å². The molecule has 0 saturated carbocycles. The molecule has 9 heteroatoms. The summed E-state index contributed by atoms with van der Waals surface area (Å²) in [7, 11) is 3.99. The quantitative estimate of drug-likeness (QED) is 0.583. The minimum atomic E-state index is -0.895. The molecular weight excluding hydrogens is 428 g/mol. The van der Waals surface area contributed by atoms with E-state index in [1.165, 1.54) is 6.07 Å². The molecule has 1 N–H and O–H groups in total. The molecule has 1 saturated heterocycles. The summed E-state index contributed by atoms with van der Waals surface area (Å²) in [5, 5.41) is 2.90. The van der Waals surface area contributed by atoms with Gasteiger partial charge in [0.2, 0.25) is 5.91 Å². The molecule has 2 amide bonds. The highest BCUT2D eigenvalue weighted by Crippen LogP contribution is 2.16. The number of amides is 2. The number of hydrogen-bond acceptors (Lipinski definition) is 5. The number of nitrogens with one attached hydrogen (secondary N) is 1. The third kappa shape index (κ3) is 7.21. The summed E-state index contributed by atoms with van der Waals surface area (Å²) >= 11 is 0. The van der Waals surface area contributed by atoms with Gasteiger partial charge in [0.05, 0.1) is 5.56 Å². The van der Waals surface area contributed by atoms with Gasteiger partial charge in [0.15, 0.2) is 11.6 Å². The van der Waals surface area contributed by atoms with Crippen molar-refractivity contribution in [3.8, 4) is 0 Å². The van der Waals surface area contributed by atoms with E-state index in [4.69, 9.17) is 0 Å². The normalized spacial score (nSPS) is 14.0. The van der Waals surface area contributed by atoms with Crippen LogP contribution in [0.1, 0.15) is 28.8 Å². The lowest BCUT2D eigenvalue weighted by atomic mass is 10.1. The van der Waals surface area contributed by atoms with Crippen molar-refractivity contribution in [1.29, 1.82) is 0 Å². The maximum Gasteiger partial charge on any atom is 0.252 e. The van der Waals surface area contributed by atoms with E-state index in [-0.39, 0.29) is 18.2 Å². The number of anilines is 1. The van der Waals surface area contributed by atoms with Crippen molar-refractivity contribution in [2.75, 3.05) is 58.3 Å². The first-order valence-corrected chi connectivity index (χ1v) is 11.2. The Bertz CT molecular complexity index is 944. The topological polar surface area (TPSA) is 68.8 Å². The molecule has 1 fully saturated rings. The SMILES string of the molecule is CN(C)CCCNC(=O)c1ccc(N2CCN(C(=O)CCc3ccc(F)c(F)c3)CC2)nc1. The number of piperazine rings is 1. The van der Waals surface area contributed by atoms with Crippen LogP contribution in [0.15, 0.2) is 36.5 Å².